The predicted molar refractivity (Wildman–Crippen MR) is 75.2 cm³/mol. The van der Waals surface area contributed by atoms with E-state index < -0.39 is 0 Å². The number of benzene rings is 1. The summed E-state index contributed by atoms with van der Waals surface area (Å²) in [5, 5.41) is 12.7. The SMILES string of the molecule is Nc1cc(-c2nnco2)cc2c1cnn2PI. The summed E-state index contributed by atoms with van der Waals surface area (Å²) in [6, 6.07) is 3.77. The molecule has 0 bridgehead atoms. The number of anilines is 1. The molecule has 0 aliphatic heterocycles. The van der Waals surface area contributed by atoms with Crippen molar-refractivity contribution in [2.75, 3.05) is 5.73 Å². The number of nitrogens with two attached hydrogens (primary N) is 1. The molecule has 0 spiro atoms. The molecule has 0 saturated heterocycles. The zero-order valence-electron chi connectivity index (χ0n) is 8.46. The number of aromatic nitrogens is 4. The molecule has 2 aromatic heterocycles. The van der Waals surface area contributed by atoms with Crippen LogP contribution in [0.3, 0.4) is 0 Å². The van der Waals surface area contributed by atoms with E-state index in [4.69, 9.17) is 10.2 Å². The highest BCUT2D eigenvalue weighted by Crippen LogP contribution is 2.33. The van der Waals surface area contributed by atoms with Crippen LogP contribution < -0.4 is 5.73 Å². The Morgan fingerprint density at radius 2 is 2.29 bits per heavy atom. The van der Waals surface area contributed by atoms with E-state index >= 15 is 0 Å². The summed E-state index contributed by atoms with van der Waals surface area (Å²) in [5.74, 6) is 0.461. The molecule has 0 fully saturated rings. The Morgan fingerprint density at radius 3 is 3.00 bits per heavy atom. The topological polar surface area (TPSA) is 82.8 Å². The predicted octanol–water partition coefficient (Wildman–Crippen LogP) is 2.46. The highest BCUT2D eigenvalue weighted by Gasteiger charge is 2.11. The number of rotatable bonds is 2. The molecule has 0 aliphatic carbocycles. The minimum Gasteiger partial charge on any atom is -0.423 e. The fraction of sp³-hybridized carbons (Fsp3) is 0. The van der Waals surface area contributed by atoms with Crippen molar-refractivity contribution in [1.29, 1.82) is 0 Å². The van der Waals surface area contributed by atoms with E-state index in [-0.39, 0.29) is 0 Å². The molecule has 0 aliphatic rings. The van der Waals surface area contributed by atoms with Gasteiger partial charge in [0.1, 0.15) is 0 Å². The molecule has 1 aromatic carbocycles. The fourth-order valence-corrected chi connectivity index (χ4v) is 3.17. The average molecular weight is 359 g/mol. The summed E-state index contributed by atoms with van der Waals surface area (Å²) < 4.78 is 7.06. The third-order valence-corrected chi connectivity index (χ3v) is 4.30. The second-order valence-corrected chi connectivity index (χ2v) is 5.42. The first kappa shape index (κ1) is 10.9. The van der Waals surface area contributed by atoms with Crippen molar-refractivity contribution in [3.63, 3.8) is 0 Å². The van der Waals surface area contributed by atoms with Gasteiger partial charge >= 0.3 is 0 Å². The van der Waals surface area contributed by atoms with Crippen molar-refractivity contribution in [2.45, 2.75) is 0 Å². The second-order valence-electron chi connectivity index (χ2n) is 3.38. The van der Waals surface area contributed by atoms with E-state index in [0.29, 0.717) is 18.0 Å². The van der Waals surface area contributed by atoms with Crippen molar-refractivity contribution in [3.05, 3.63) is 24.7 Å². The average Bonchev–Trinajstić information content (AvgIpc) is 2.97. The van der Waals surface area contributed by atoms with Crippen molar-refractivity contribution in [1.82, 2.24) is 19.7 Å². The summed E-state index contributed by atoms with van der Waals surface area (Å²) in [4.78, 5) is 0. The maximum Gasteiger partial charge on any atom is 0.247 e. The van der Waals surface area contributed by atoms with Crippen LogP contribution in [-0.2, 0) is 0 Å². The molecular formula is C9H7IN5OP. The smallest absolute Gasteiger partial charge is 0.247 e. The van der Waals surface area contributed by atoms with Crippen LogP contribution in [0, 0.1) is 0 Å². The van der Waals surface area contributed by atoms with Crippen LogP contribution in [0.1, 0.15) is 0 Å². The monoisotopic (exact) mass is 359 g/mol. The molecular weight excluding hydrogens is 352 g/mol. The van der Waals surface area contributed by atoms with E-state index in [0.717, 1.165) is 16.5 Å². The van der Waals surface area contributed by atoms with Crippen LogP contribution in [0.15, 0.2) is 29.1 Å². The molecule has 17 heavy (non-hydrogen) atoms. The van der Waals surface area contributed by atoms with Gasteiger partial charge in [-0.1, -0.05) is 0 Å². The minimum absolute atomic E-state index is 0.461. The number of nitrogens with zero attached hydrogens (tertiary/aromatic N) is 4. The van der Waals surface area contributed by atoms with E-state index in [1.165, 1.54) is 6.39 Å². The number of halogens is 1. The lowest BCUT2D eigenvalue weighted by Crippen LogP contribution is -1.89. The van der Waals surface area contributed by atoms with Crippen LogP contribution in [0.5, 0.6) is 0 Å². The van der Waals surface area contributed by atoms with Crippen molar-refractivity contribution < 1.29 is 4.42 Å². The van der Waals surface area contributed by atoms with Crippen LogP contribution in [0.2, 0.25) is 0 Å². The Balaban J connectivity index is 2.28. The van der Waals surface area contributed by atoms with Gasteiger partial charge in [0, 0.05) is 16.6 Å². The van der Waals surface area contributed by atoms with Crippen LogP contribution in [-0.4, -0.2) is 19.7 Å². The summed E-state index contributed by atoms with van der Waals surface area (Å²) in [7, 11) is 0. The first-order valence-corrected chi connectivity index (χ1v) is 8.76. The normalized spacial score (nSPS) is 11.8. The molecule has 2 N–H and O–H groups in total. The van der Waals surface area contributed by atoms with Gasteiger partial charge in [0.05, 0.1) is 18.1 Å². The highest BCUT2D eigenvalue weighted by atomic mass is 127. The van der Waals surface area contributed by atoms with E-state index in [9.17, 15) is 0 Å². The first-order valence-electron chi connectivity index (χ1n) is 4.70. The zero-order valence-corrected chi connectivity index (χ0v) is 11.6. The zero-order chi connectivity index (χ0) is 11.8. The lowest BCUT2D eigenvalue weighted by molar-refractivity contribution is 0.569. The Bertz CT molecular complexity index is 665. The van der Waals surface area contributed by atoms with Crippen LogP contribution in [0.25, 0.3) is 22.4 Å². The van der Waals surface area contributed by atoms with Gasteiger partial charge < -0.3 is 10.2 Å². The Hall–Kier alpha value is -1.21. The standard InChI is InChI=1S/C9H7IN5OP/c10-17-15-8-2-5(9-14-12-4-16-9)1-7(11)6(8)3-13-15/h1-4,17H,11H2. The van der Waals surface area contributed by atoms with Gasteiger partial charge in [0.15, 0.2) is 0 Å². The third kappa shape index (κ3) is 1.79. The molecule has 3 aromatic rings. The molecule has 0 amide bonds. The van der Waals surface area contributed by atoms with E-state index in [1.807, 2.05) is 16.6 Å². The van der Waals surface area contributed by atoms with E-state index in [1.54, 1.807) is 6.20 Å². The second kappa shape index (κ2) is 4.23. The minimum atomic E-state index is 0.461. The van der Waals surface area contributed by atoms with Gasteiger partial charge in [-0.2, -0.15) is 5.10 Å². The Morgan fingerprint density at radius 1 is 1.41 bits per heavy atom. The van der Waals surface area contributed by atoms with Gasteiger partial charge in [0.25, 0.3) is 0 Å². The number of fused-ring (bicyclic) bond motifs is 1. The van der Waals surface area contributed by atoms with Gasteiger partial charge in [-0.3, -0.25) is 0 Å². The van der Waals surface area contributed by atoms with Crippen molar-refractivity contribution in [3.8, 4) is 11.5 Å². The van der Waals surface area contributed by atoms with Crippen LogP contribution in [0.4, 0.5) is 5.69 Å². The fourth-order valence-electron chi connectivity index (χ4n) is 1.64. The van der Waals surface area contributed by atoms with Gasteiger partial charge in [-0.25, -0.2) is 4.45 Å². The Kier molecular flexibility index (Phi) is 2.71. The first-order chi connectivity index (χ1) is 8.29. The third-order valence-electron chi connectivity index (χ3n) is 2.41. The van der Waals surface area contributed by atoms with E-state index in [2.05, 4.69) is 37.3 Å². The van der Waals surface area contributed by atoms with Gasteiger partial charge in [0.2, 0.25) is 12.3 Å². The summed E-state index contributed by atoms with van der Waals surface area (Å²) in [6.45, 7) is 0. The molecule has 0 saturated carbocycles. The summed E-state index contributed by atoms with van der Waals surface area (Å²) in [5.41, 5.74) is 8.44. The largest absolute Gasteiger partial charge is 0.423 e. The molecule has 6 nitrogen and oxygen atoms in total. The molecule has 1 unspecified atom stereocenters. The van der Waals surface area contributed by atoms with Gasteiger partial charge in [-0.15, -0.1) is 10.2 Å². The molecule has 86 valence electrons. The summed E-state index contributed by atoms with van der Waals surface area (Å²) in [6.07, 6.45) is 3.59. The highest BCUT2D eigenvalue weighted by molar-refractivity contribution is 14.2. The number of hydrogen-bond donors (Lipinski definition) is 1. The number of hydrogen-bond acceptors (Lipinski definition) is 5. The quantitative estimate of drug-likeness (QED) is 0.432. The van der Waals surface area contributed by atoms with Crippen molar-refractivity contribution >= 4 is 45.0 Å². The van der Waals surface area contributed by atoms with Crippen molar-refractivity contribution in [2.24, 2.45) is 0 Å². The maximum atomic E-state index is 5.99. The number of nitrogen functional groups attached to an aromatic ring is 1. The van der Waals surface area contributed by atoms with Crippen LogP contribution >= 0.6 is 28.4 Å². The molecule has 2 heterocycles. The molecule has 3 rings (SSSR count). The lowest BCUT2D eigenvalue weighted by atomic mass is 10.1. The lowest BCUT2D eigenvalue weighted by Gasteiger charge is -2.02. The molecule has 0 radical (unpaired) electrons. The Labute approximate surface area is 111 Å². The summed E-state index contributed by atoms with van der Waals surface area (Å²) >= 11 is 2.27. The molecule has 1 atom stereocenters. The molecule has 8 heteroatoms. The van der Waals surface area contributed by atoms with Gasteiger partial charge in [-0.05, 0) is 34.2 Å². The maximum absolute atomic E-state index is 5.99.